The van der Waals surface area contributed by atoms with Gasteiger partial charge in [0.25, 0.3) is 0 Å². The minimum absolute atomic E-state index is 0.0173. The van der Waals surface area contributed by atoms with E-state index in [-0.39, 0.29) is 24.4 Å². The normalized spacial score (nSPS) is 14.3. The molecule has 38 heavy (non-hydrogen) atoms. The predicted octanol–water partition coefficient (Wildman–Crippen LogP) is 3.34. The number of anilines is 2. The zero-order valence-electron chi connectivity index (χ0n) is 20.6. The summed E-state index contributed by atoms with van der Waals surface area (Å²) >= 11 is 0. The van der Waals surface area contributed by atoms with Crippen molar-refractivity contribution in [2.45, 2.75) is 25.5 Å². The van der Waals surface area contributed by atoms with Gasteiger partial charge in [-0.1, -0.05) is 12.1 Å². The van der Waals surface area contributed by atoms with Gasteiger partial charge in [-0.25, -0.2) is 13.9 Å². The van der Waals surface area contributed by atoms with E-state index in [1.165, 1.54) is 18.5 Å². The van der Waals surface area contributed by atoms with E-state index in [9.17, 15) is 9.18 Å². The van der Waals surface area contributed by atoms with Gasteiger partial charge in [0.05, 0.1) is 24.8 Å². The van der Waals surface area contributed by atoms with Crippen LogP contribution in [0.25, 0.3) is 16.4 Å². The highest BCUT2D eigenvalue weighted by Gasteiger charge is 2.24. The van der Waals surface area contributed by atoms with Crippen molar-refractivity contribution in [3.63, 3.8) is 0 Å². The first kappa shape index (κ1) is 23.9. The van der Waals surface area contributed by atoms with Crippen molar-refractivity contribution in [2.24, 2.45) is 5.73 Å². The third kappa shape index (κ3) is 4.75. The molecule has 5 aromatic rings. The van der Waals surface area contributed by atoms with Crippen LogP contribution in [-0.4, -0.2) is 60.9 Å². The summed E-state index contributed by atoms with van der Waals surface area (Å²) in [6, 6.07) is 14.3. The highest BCUT2D eigenvalue weighted by Crippen LogP contribution is 2.31. The van der Waals surface area contributed by atoms with E-state index in [1.54, 1.807) is 21.7 Å². The van der Waals surface area contributed by atoms with Crippen LogP contribution in [0.4, 0.5) is 15.9 Å². The summed E-state index contributed by atoms with van der Waals surface area (Å²) in [7, 11) is 0. The van der Waals surface area contributed by atoms with Crippen LogP contribution in [0.5, 0.6) is 5.75 Å². The molecule has 1 aliphatic rings. The lowest BCUT2D eigenvalue weighted by atomic mass is 10.1. The third-order valence-corrected chi connectivity index (χ3v) is 6.81. The second kappa shape index (κ2) is 10.1. The number of nitrogens with one attached hydrogen (secondary N) is 1. The van der Waals surface area contributed by atoms with E-state index < -0.39 is 0 Å². The minimum atomic E-state index is -0.262. The van der Waals surface area contributed by atoms with E-state index >= 15 is 0 Å². The number of rotatable bonds is 7. The van der Waals surface area contributed by atoms with Gasteiger partial charge in [-0.05, 0) is 35.9 Å². The summed E-state index contributed by atoms with van der Waals surface area (Å²) in [6.07, 6.45) is 6.57. The van der Waals surface area contributed by atoms with Gasteiger partial charge in [0.2, 0.25) is 5.91 Å². The number of hydrogen-bond acceptors (Lipinski definition) is 7. The van der Waals surface area contributed by atoms with E-state index in [0.717, 1.165) is 40.5 Å². The molecule has 0 aliphatic carbocycles. The van der Waals surface area contributed by atoms with Gasteiger partial charge in [-0.3, -0.25) is 9.48 Å². The standard InChI is InChI=1S/C27H27FN8O2/c28-20-3-1-2-18(12-20)16-36-23-5-4-21(13-19(23)15-31-36)33-27-26-24(8-11-35(26)32-17-30-27)38-22-6-9-34(10-7-22)25(37)14-29/h1-5,8,11-13,15,17,22H,6-7,9-10,14,16,29H2,(H,30,32,33). The summed E-state index contributed by atoms with van der Waals surface area (Å²) in [5.41, 5.74) is 8.85. The molecular weight excluding hydrogens is 487 g/mol. The number of halogens is 1. The number of ether oxygens (including phenoxy) is 1. The molecule has 1 amide bonds. The monoisotopic (exact) mass is 514 g/mol. The number of carbonyl (C=O) groups excluding carboxylic acids is 1. The van der Waals surface area contributed by atoms with Gasteiger partial charge in [-0.2, -0.15) is 10.2 Å². The Bertz CT molecular complexity index is 1610. The van der Waals surface area contributed by atoms with Crippen LogP contribution in [-0.2, 0) is 11.3 Å². The molecule has 0 atom stereocenters. The van der Waals surface area contributed by atoms with E-state index in [1.807, 2.05) is 41.2 Å². The number of likely N-dealkylation sites (tertiary alicyclic amines) is 1. The quantitative estimate of drug-likeness (QED) is 0.342. The van der Waals surface area contributed by atoms with Crippen LogP contribution >= 0.6 is 0 Å². The van der Waals surface area contributed by atoms with Crippen molar-refractivity contribution in [3.8, 4) is 5.75 Å². The number of hydrogen-bond donors (Lipinski definition) is 2. The lowest BCUT2D eigenvalue weighted by Crippen LogP contribution is -2.44. The fourth-order valence-electron chi connectivity index (χ4n) is 4.88. The average molecular weight is 515 g/mol. The molecule has 1 fully saturated rings. The summed E-state index contributed by atoms with van der Waals surface area (Å²) in [6.45, 7) is 1.76. The van der Waals surface area contributed by atoms with E-state index in [2.05, 4.69) is 20.5 Å². The lowest BCUT2D eigenvalue weighted by molar-refractivity contribution is -0.131. The molecule has 6 rings (SSSR count). The molecule has 1 aliphatic heterocycles. The Morgan fingerprint density at radius 2 is 2.00 bits per heavy atom. The highest BCUT2D eigenvalue weighted by atomic mass is 19.1. The zero-order chi connectivity index (χ0) is 26.1. The first-order valence-corrected chi connectivity index (χ1v) is 12.5. The number of benzene rings is 2. The Hall–Kier alpha value is -4.51. The lowest BCUT2D eigenvalue weighted by Gasteiger charge is -2.31. The second-order valence-corrected chi connectivity index (χ2v) is 9.31. The first-order valence-electron chi connectivity index (χ1n) is 12.5. The molecule has 4 heterocycles. The maximum atomic E-state index is 13.6. The van der Waals surface area contributed by atoms with Crippen LogP contribution in [0.1, 0.15) is 18.4 Å². The fourth-order valence-corrected chi connectivity index (χ4v) is 4.88. The number of carbonyl (C=O) groups is 1. The Labute approximate surface area is 217 Å². The Morgan fingerprint density at radius 1 is 1.13 bits per heavy atom. The van der Waals surface area contributed by atoms with Crippen molar-refractivity contribution < 1.29 is 13.9 Å². The molecule has 0 saturated carbocycles. The number of piperidine rings is 1. The topological polar surface area (TPSA) is 116 Å². The maximum Gasteiger partial charge on any atom is 0.236 e. The molecule has 3 aromatic heterocycles. The first-order chi connectivity index (χ1) is 18.6. The summed E-state index contributed by atoms with van der Waals surface area (Å²) in [5.74, 6) is 1.000. The average Bonchev–Trinajstić information content (AvgIpc) is 3.53. The maximum absolute atomic E-state index is 13.6. The van der Waals surface area contributed by atoms with Crippen molar-refractivity contribution in [1.82, 2.24) is 29.3 Å². The van der Waals surface area contributed by atoms with Crippen LogP contribution < -0.4 is 15.8 Å². The van der Waals surface area contributed by atoms with Crippen molar-refractivity contribution in [1.29, 1.82) is 0 Å². The Kier molecular flexibility index (Phi) is 6.34. The van der Waals surface area contributed by atoms with Crippen LogP contribution in [0, 0.1) is 5.82 Å². The van der Waals surface area contributed by atoms with Crippen molar-refractivity contribution >= 4 is 33.8 Å². The SMILES string of the molecule is NCC(=O)N1CCC(Oc2ccn3ncnc(Nc4ccc5c(cnn5Cc5cccc(F)c5)c4)c23)CC1. The van der Waals surface area contributed by atoms with Gasteiger partial charge < -0.3 is 20.7 Å². The summed E-state index contributed by atoms with van der Waals surface area (Å²) in [5, 5.41) is 13.2. The molecule has 0 unspecified atom stereocenters. The van der Waals surface area contributed by atoms with E-state index in [0.29, 0.717) is 31.2 Å². The van der Waals surface area contributed by atoms with Gasteiger partial charge >= 0.3 is 0 Å². The summed E-state index contributed by atoms with van der Waals surface area (Å²) in [4.78, 5) is 18.1. The molecule has 10 nitrogen and oxygen atoms in total. The molecule has 194 valence electrons. The van der Waals surface area contributed by atoms with Gasteiger partial charge in [0, 0.05) is 49.3 Å². The van der Waals surface area contributed by atoms with Crippen molar-refractivity contribution in [2.75, 3.05) is 25.0 Å². The predicted molar refractivity (Wildman–Crippen MR) is 141 cm³/mol. The fraction of sp³-hybridized carbons (Fsp3) is 0.259. The Morgan fingerprint density at radius 3 is 2.82 bits per heavy atom. The molecule has 0 radical (unpaired) electrons. The third-order valence-electron chi connectivity index (χ3n) is 6.81. The number of aromatic nitrogens is 5. The second-order valence-electron chi connectivity index (χ2n) is 9.31. The van der Waals surface area contributed by atoms with Crippen LogP contribution in [0.3, 0.4) is 0 Å². The van der Waals surface area contributed by atoms with Crippen molar-refractivity contribution in [3.05, 3.63) is 78.6 Å². The van der Waals surface area contributed by atoms with Gasteiger partial charge in [0.15, 0.2) is 11.6 Å². The number of fused-ring (bicyclic) bond motifs is 2. The molecular formula is C27H27FN8O2. The summed E-state index contributed by atoms with van der Waals surface area (Å²) < 4.78 is 23.5. The molecule has 11 heteroatoms. The zero-order valence-corrected chi connectivity index (χ0v) is 20.6. The van der Waals surface area contributed by atoms with E-state index in [4.69, 9.17) is 10.5 Å². The van der Waals surface area contributed by atoms with Gasteiger partial charge in [0.1, 0.15) is 23.8 Å². The largest absolute Gasteiger partial charge is 0.488 e. The number of nitrogens with zero attached hydrogens (tertiary/aromatic N) is 6. The van der Waals surface area contributed by atoms with Crippen LogP contribution in [0.15, 0.2) is 67.3 Å². The minimum Gasteiger partial charge on any atom is -0.488 e. The smallest absolute Gasteiger partial charge is 0.236 e. The van der Waals surface area contributed by atoms with Crippen LogP contribution in [0.2, 0.25) is 0 Å². The highest BCUT2D eigenvalue weighted by molar-refractivity contribution is 5.86. The number of nitrogens with two attached hydrogens (primary N) is 1. The molecule has 0 spiro atoms. The number of amides is 1. The molecule has 1 saturated heterocycles. The molecule has 0 bridgehead atoms. The molecule has 2 aromatic carbocycles. The molecule has 3 N–H and O–H groups in total. The van der Waals surface area contributed by atoms with Gasteiger partial charge in [-0.15, -0.1) is 0 Å². The Balaban J connectivity index is 1.21.